The molecule has 0 radical (unpaired) electrons. The Labute approximate surface area is 122 Å². The Morgan fingerprint density at radius 2 is 1.90 bits per heavy atom. The average Bonchev–Trinajstić information content (AvgIpc) is 2.46. The summed E-state index contributed by atoms with van der Waals surface area (Å²) in [6.07, 6.45) is 1.52. The van der Waals surface area contributed by atoms with Gasteiger partial charge in [-0.2, -0.15) is 0 Å². The lowest BCUT2D eigenvalue weighted by Crippen LogP contribution is -2.24. The number of hydrogen-bond acceptors (Lipinski definition) is 4. The lowest BCUT2D eigenvalue weighted by atomic mass is 10.2. The van der Waals surface area contributed by atoms with Crippen molar-refractivity contribution in [3.63, 3.8) is 0 Å². The SMILES string of the molecule is CC(=O)Nc1ccc(CNC(=O)c2ncccc2N)cc1. The van der Waals surface area contributed by atoms with E-state index in [4.69, 9.17) is 5.73 Å². The molecule has 0 aliphatic rings. The van der Waals surface area contributed by atoms with Crippen molar-refractivity contribution in [2.24, 2.45) is 0 Å². The summed E-state index contributed by atoms with van der Waals surface area (Å²) >= 11 is 0. The molecule has 0 fully saturated rings. The maximum absolute atomic E-state index is 11.9. The minimum absolute atomic E-state index is 0.123. The number of carbonyl (C=O) groups excluding carboxylic acids is 2. The van der Waals surface area contributed by atoms with Crippen molar-refractivity contribution in [2.75, 3.05) is 11.1 Å². The molecule has 6 heteroatoms. The van der Waals surface area contributed by atoms with Crippen molar-refractivity contribution in [1.29, 1.82) is 0 Å². The number of pyridine rings is 1. The fraction of sp³-hybridized carbons (Fsp3) is 0.133. The zero-order valence-electron chi connectivity index (χ0n) is 11.6. The van der Waals surface area contributed by atoms with Crippen LogP contribution >= 0.6 is 0 Å². The van der Waals surface area contributed by atoms with Crippen LogP contribution in [0.4, 0.5) is 11.4 Å². The normalized spacial score (nSPS) is 9.95. The van der Waals surface area contributed by atoms with Gasteiger partial charge in [-0.3, -0.25) is 9.59 Å². The average molecular weight is 284 g/mol. The van der Waals surface area contributed by atoms with E-state index in [-0.39, 0.29) is 17.5 Å². The molecule has 4 N–H and O–H groups in total. The molecular formula is C15H16N4O2. The second-order valence-corrected chi connectivity index (χ2v) is 4.50. The third-order valence-electron chi connectivity index (χ3n) is 2.78. The first-order valence-corrected chi connectivity index (χ1v) is 6.41. The van der Waals surface area contributed by atoms with Crippen LogP contribution in [0.5, 0.6) is 0 Å². The summed E-state index contributed by atoms with van der Waals surface area (Å²) in [7, 11) is 0. The van der Waals surface area contributed by atoms with Crippen LogP contribution in [0.25, 0.3) is 0 Å². The fourth-order valence-corrected chi connectivity index (χ4v) is 1.78. The van der Waals surface area contributed by atoms with E-state index in [0.29, 0.717) is 17.9 Å². The number of hydrogen-bond donors (Lipinski definition) is 3. The maximum Gasteiger partial charge on any atom is 0.272 e. The van der Waals surface area contributed by atoms with E-state index < -0.39 is 0 Å². The minimum Gasteiger partial charge on any atom is -0.397 e. The number of nitrogens with one attached hydrogen (secondary N) is 2. The van der Waals surface area contributed by atoms with Gasteiger partial charge in [0, 0.05) is 25.4 Å². The Morgan fingerprint density at radius 1 is 1.19 bits per heavy atom. The van der Waals surface area contributed by atoms with Crippen molar-refractivity contribution in [1.82, 2.24) is 10.3 Å². The van der Waals surface area contributed by atoms with Crippen LogP contribution in [0.1, 0.15) is 23.0 Å². The van der Waals surface area contributed by atoms with E-state index in [1.807, 2.05) is 12.1 Å². The highest BCUT2D eigenvalue weighted by Gasteiger charge is 2.09. The van der Waals surface area contributed by atoms with Gasteiger partial charge in [-0.15, -0.1) is 0 Å². The molecule has 6 nitrogen and oxygen atoms in total. The number of anilines is 2. The zero-order chi connectivity index (χ0) is 15.2. The van der Waals surface area contributed by atoms with Gasteiger partial charge in [0.15, 0.2) is 5.69 Å². The predicted molar refractivity (Wildman–Crippen MR) is 80.6 cm³/mol. The van der Waals surface area contributed by atoms with Crippen LogP contribution in [-0.2, 0) is 11.3 Å². The van der Waals surface area contributed by atoms with Crippen molar-refractivity contribution >= 4 is 23.2 Å². The van der Waals surface area contributed by atoms with Gasteiger partial charge in [0.25, 0.3) is 5.91 Å². The third kappa shape index (κ3) is 4.04. The van der Waals surface area contributed by atoms with E-state index in [0.717, 1.165) is 5.56 Å². The lowest BCUT2D eigenvalue weighted by Gasteiger charge is -2.07. The molecule has 0 aliphatic carbocycles. The number of carbonyl (C=O) groups is 2. The summed E-state index contributed by atoms with van der Waals surface area (Å²) in [4.78, 5) is 26.8. The van der Waals surface area contributed by atoms with Crippen LogP contribution in [0.15, 0.2) is 42.6 Å². The Morgan fingerprint density at radius 3 is 2.52 bits per heavy atom. The Hall–Kier alpha value is -2.89. The second kappa shape index (κ2) is 6.51. The van der Waals surface area contributed by atoms with Gasteiger partial charge in [-0.05, 0) is 29.8 Å². The van der Waals surface area contributed by atoms with Gasteiger partial charge in [0.1, 0.15) is 0 Å². The van der Waals surface area contributed by atoms with Gasteiger partial charge < -0.3 is 16.4 Å². The number of nitrogens with zero attached hydrogens (tertiary/aromatic N) is 1. The molecule has 108 valence electrons. The zero-order valence-corrected chi connectivity index (χ0v) is 11.6. The summed E-state index contributed by atoms with van der Waals surface area (Å²) in [6.45, 7) is 1.81. The summed E-state index contributed by atoms with van der Waals surface area (Å²) in [6, 6.07) is 10.5. The number of aromatic nitrogens is 1. The molecule has 2 amide bonds. The number of amides is 2. The summed E-state index contributed by atoms with van der Waals surface area (Å²) in [5.74, 6) is -0.444. The van der Waals surface area contributed by atoms with E-state index in [1.165, 1.54) is 13.1 Å². The third-order valence-corrected chi connectivity index (χ3v) is 2.78. The number of benzene rings is 1. The van der Waals surface area contributed by atoms with Gasteiger partial charge in [0.05, 0.1) is 5.69 Å². The maximum atomic E-state index is 11.9. The van der Waals surface area contributed by atoms with Crippen LogP contribution in [0.3, 0.4) is 0 Å². The van der Waals surface area contributed by atoms with Crippen LogP contribution in [0, 0.1) is 0 Å². The Bertz CT molecular complexity index is 653. The topological polar surface area (TPSA) is 97.1 Å². The van der Waals surface area contributed by atoms with Crippen molar-refractivity contribution in [3.8, 4) is 0 Å². The van der Waals surface area contributed by atoms with E-state index >= 15 is 0 Å². The highest BCUT2D eigenvalue weighted by molar-refractivity contribution is 5.96. The monoisotopic (exact) mass is 284 g/mol. The van der Waals surface area contributed by atoms with E-state index in [2.05, 4.69) is 15.6 Å². The second-order valence-electron chi connectivity index (χ2n) is 4.50. The molecular weight excluding hydrogens is 268 g/mol. The molecule has 21 heavy (non-hydrogen) atoms. The molecule has 2 rings (SSSR count). The van der Waals surface area contributed by atoms with Crippen molar-refractivity contribution in [3.05, 3.63) is 53.9 Å². The van der Waals surface area contributed by atoms with Gasteiger partial charge in [-0.1, -0.05) is 12.1 Å². The lowest BCUT2D eigenvalue weighted by molar-refractivity contribution is -0.114. The highest BCUT2D eigenvalue weighted by Crippen LogP contribution is 2.10. The first-order valence-electron chi connectivity index (χ1n) is 6.41. The number of nitrogen functional groups attached to an aromatic ring is 1. The molecule has 1 aromatic carbocycles. The molecule has 0 unspecified atom stereocenters. The molecule has 0 aliphatic heterocycles. The number of rotatable bonds is 4. The van der Waals surface area contributed by atoms with Gasteiger partial charge in [-0.25, -0.2) is 4.98 Å². The Kier molecular flexibility index (Phi) is 4.50. The quantitative estimate of drug-likeness (QED) is 0.793. The summed E-state index contributed by atoms with van der Waals surface area (Å²) in [5, 5.41) is 5.42. The Balaban J connectivity index is 1.95. The molecule has 1 heterocycles. The summed E-state index contributed by atoms with van der Waals surface area (Å²) < 4.78 is 0. The van der Waals surface area contributed by atoms with Crippen LogP contribution in [-0.4, -0.2) is 16.8 Å². The molecule has 0 atom stereocenters. The largest absolute Gasteiger partial charge is 0.397 e. The molecule has 1 aromatic heterocycles. The van der Waals surface area contributed by atoms with Crippen molar-refractivity contribution in [2.45, 2.75) is 13.5 Å². The van der Waals surface area contributed by atoms with E-state index in [9.17, 15) is 9.59 Å². The molecule has 0 saturated heterocycles. The fourth-order valence-electron chi connectivity index (χ4n) is 1.78. The first-order chi connectivity index (χ1) is 10.1. The molecule has 0 saturated carbocycles. The number of nitrogens with two attached hydrogens (primary N) is 1. The summed E-state index contributed by atoms with van der Waals surface area (Å²) in [5.41, 5.74) is 7.88. The van der Waals surface area contributed by atoms with E-state index in [1.54, 1.807) is 24.3 Å². The minimum atomic E-state index is -0.320. The molecule has 0 spiro atoms. The molecule has 2 aromatic rings. The van der Waals surface area contributed by atoms with Crippen molar-refractivity contribution < 1.29 is 9.59 Å². The van der Waals surface area contributed by atoms with Crippen LogP contribution < -0.4 is 16.4 Å². The smallest absolute Gasteiger partial charge is 0.272 e. The van der Waals surface area contributed by atoms with Gasteiger partial charge in [0.2, 0.25) is 5.91 Å². The highest BCUT2D eigenvalue weighted by atomic mass is 16.2. The van der Waals surface area contributed by atoms with Crippen LogP contribution in [0.2, 0.25) is 0 Å². The standard InChI is InChI=1S/C15H16N4O2/c1-10(20)19-12-6-4-11(5-7-12)9-18-15(21)14-13(16)3-2-8-17-14/h2-8H,9,16H2,1H3,(H,18,21)(H,19,20). The van der Waals surface area contributed by atoms with Gasteiger partial charge >= 0.3 is 0 Å². The molecule has 0 bridgehead atoms. The first kappa shape index (κ1) is 14.5. The predicted octanol–water partition coefficient (Wildman–Crippen LogP) is 1.55.